The first-order valence-electron chi connectivity index (χ1n) is 19.7. The summed E-state index contributed by atoms with van der Waals surface area (Å²) in [6.45, 7) is 4.90. The number of aromatic nitrogens is 3. The van der Waals surface area contributed by atoms with Crippen LogP contribution < -0.4 is 0 Å². The Kier molecular flexibility index (Phi) is 9.16. The van der Waals surface area contributed by atoms with E-state index in [1.165, 1.54) is 37.7 Å². The van der Waals surface area contributed by atoms with Gasteiger partial charge in [-0.3, -0.25) is 0 Å². The average molecular weight is 713 g/mol. The number of fused-ring (bicyclic) bond motifs is 2. The van der Waals surface area contributed by atoms with Crippen LogP contribution in [0.15, 0.2) is 152 Å². The average Bonchev–Trinajstić information content (AvgIpc) is 3.23. The van der Waals surface area contributed by atoms with Gasteiger partial charge < -0.3 is 0 Å². The fourth-order valence-corrected chi connectivity index (χ4v) is 9.77. The zero-order chi connectivity index (χ0) is 37.4. The summed E-state index contributed by atoms with van der Waals surface area (Å²) in [5, 5.41) is 9.57. The molecular weight excluding hydrogens is 669 g/mol. The predicted octanol–water partition coefficient (Wildman–Crippen LogP) is 12.8. The zero-order valence-electron chi connectivity index (χ0n) is 31.5. The number of hydrogen-bond donors (Lipinski definition) is 0. The summed E-state index contributed by atoms with van der Waals surface area (Å²) < 4.78 is 0. The highest BCUT2D eigenvalue weighted by molar-refractivity contribution is 5.86. The van der Waals surface area contributed by atoms with Crippen molar-refractivity contribution in [1.29, 1.82) is 5.26 Å². The molecule has 0 amide bonds. The van der Waals surface area contributed by atoms with Gasteiger partial charge in [-0.1, -0.05) is 135 Å². The maximum Gasteiger partial charge on any atom is 0.164 e. The summed E-state index contributed by atoms with van der Waals surface area (Å²) in [4.78, 5) is 15.7. The third-order valence-corrected chi connectivity index (χ3v) is 11.9. The highest BCUT2D eigenvalue weighted by atomic mass is 15.0. The maximum atomic E-state index is 9.57. The molecule has 2 saturated carbocycles. The Morgan fingerprint density at radius 3 is 1.64 bits per heavy atom. The molecule has 0 spiro atoms. The van der Waals surface area contributed by atoms with E-state index in [0.29, 0.717) is 23.0 Å². The zero-order valence-corrected chi connectivity index (χ0v) is 31.5. The fraction of sp³-hybridized carbons (Fsp3) is 0.216. The number of nitriles is 1. The van der Waals surface area contributed by atoms with E-state index in [1.54, 1.807) is 0 Å². The Balaban J connectivity index is 1.19. The summed E-state index contributed by atoms with van der Waals surface area (Å²) in [5.41, 5.74) is 11.6. The molecule has 2 bridgehead atoms. The van der Waals surface area contributed by atoms with Gasteiger partial charge in [-0.2, -0.15) is 5.26 Å². The standard InChI is InChI=1S/C51H44N4/c1-34-26-37-27-35(2)31-51(30-34,32-37)45-23-20-41(21-24-45)48-53-49(44-15-9-14-42(28-44)38-10-5-3-6-11-38)55-50(54-48)46-25-22-43(39-12-7-4-8-13-39)29-47(46)40-18-16-36(33-52)17-19-40/h3-25,28-29,34-35,37H,26-27,30-32H2,1-2H3/t34-,35?,37-,51?/m1/s1. The minimum atomic E-state index is 0.252. The molecule has 2 unspecified atom stereocenters. The van der Waals surface area contributed by atoms with Crippen LogP contribution in [0.5, 0.6) is 0 Å². The minimum Gasteiger partial charge on any atom is -0.208 e. The smallest absolute Gasteiger partial charge is 0.164 e. The third-order valence-electron chi connectivity index (χ3n) is 11.9. The second-order valence-corrected chi connectivity index (χ2v) is 16.1. The van der Waals surface area contributed by atoms with Crippen LogP contribution in [0, 0.1) is 29.1 Å². The number of benzene rings is 6. The Morgan fingerprint density at radius 1 is 0.473 bits per heavy atom. The third kappa shape index (κ3) is 6.99. The molecule has 0 saturated heterocycles. The normalized spacial score (nSPS) is 20.4. The van der Waals surface area contributed by atoms with Crippen molar-refractivity contribution >= 4 is 0 Å². The molecule has 0 radical (unpaired) electrons. The summed E-state index contributed by atoms with van der Waals surface area (Å²) in [6, 6.07) is 55.0. The summed E-state index contributed by atoms with van der Waals surface area (Å²) in [5.74, 6) is 4.22. The van der Waals surface area contributed by atoms with Crippen LogP contribution in [-0.4, -0.2) is 15.0 Å². The van der Waals surface area contributed by atoms with E-state index in [9.17, 15) is 5.26 Å². The predicted molar refractivity (Wildman–Crippen MR) is 224 cm³/mol. The lowest BCUT2D eigenvalue weighted by Gasteiger charge is -2.50. The van der Waals surface area contributed by atoms with Crippen molar-refractivity contribution in [3.8, 4) is 73.6 Å². The lowest BCUT2D eigenvalue weighted by Crippen LogP contribution is -2.42. The Hall–Kier alpha value is -6.18. The van der Waals surface area contributed by atoms with Gasteiger partial charge in [0.2, 0.25) is 0 Å². The largest absolute Gasteiger partial charge is 0.208 e. The van der Waals surface area contributed by atoms with Crippen LogP contribution in [0.2, 0.25) is 0 Å². The van der Waals surface area contributed by atoms with Crippen molar-refractivity contribution in [3.63, 3.8) is 0 Å². The molecule has 55 heavy (non-hydrogen) atoms. The van der Waals surface area contributed by atoms with Crippen molar-refractivity contribution in [2.45, 2.75) is 51.4 Å². The summed E-state index contributed by atoms with van der Waals surface area (Å²) in [6.07, 6.45) is 6.56. The van der Waals surface area contributed by atoms with Gasteiger partial charge >= 0.3 is 0 Å². The molecule has 4 nitrogen and oxygen atoms in total. The van der Waals surface area contributed by atoms with E-state index >= 15 is 0 Å². The number of nitrogens with zero attached hydrogens (tertiary/aromatic N) is 4. The van der Waals surface area contributed by atoms with E-state index in [0.717, 1.165) is 67.8 Å². The summed E-state index contributed by atoms with van der Waals surface area (Å²) >= 11 is 0. The van der Waals surface area contributed by atoms with Crippen molar-refractivity contribution in [2.75, 3.05) is 0 Å². The molecule has 4 heteroatoms. The van der Waals surface area contributed by atoms with Gasteiger partial charge in [-0.25, -0.2) is 15.0 Å². The minimum absolute atomic E-state index is 0.252. The quantitative estimate of drug-likeness (QED) is 0.165. The van der Waals surface area contributed by atoms with Gasteiger partial charge in [-0.15, -0.1) is 0 Å². The lowest BCUT2D eigenvalue weighted by molar-refractivity contribution is 0.0780. The van der Waals surface area contributed by atoms with E-state index in [2.05, 4.69) is 135 Å². The van der Waals surface area contributed by atoms with Crippen LogP contribution in [0.3, 0.4) is 0 Å². The SMILES string of the molecule is CC1C[C@H]2C[C@@H](C)CC(c3ccc(-c4nc(-c5cccc(-c6ccccc6)c5)nc(-c5ccc(-c6ccccc6)cc5-c5ccc(C#N)cc5)n4)cc3)(C1)C2. The molecule has 268 valence electrons. The van der Waals surface area contributed by atoms with Crippen LogP contribution >= 0.6 is 0 Å². The van der Waals surface area contributed by atoms with E-state index < -0.39 is 0 Å². The molecular formula is C51H44N4. The van der Waals surface area contributed by atoms with Crippen molar-refractivity contribution < 1.29 is 0 Å². The van der Waals surface area contributed by atoms with E-state index in [1.807, 2.05) is 36.4 Å². The Bertz CT molecular complexity index is 2480. The first-order valence-corrected chi connectivity index (χ1v) is 19.7. The van der Waals surface area contributed by atoms with Gasteiger partial charge in [0, 0.05) is 16.7 Å². The van der Waals surface area contributed by atoms with Gasteiger partial charge in [0.05, 0.1) is 11.6 Å². The van der Waals surface area contributed by atoms with Crippen molar-refractivity contribution in [3.05, 3.63) is 163 Å². The van der Waals surface area contributed by atoms with Crippen molar-refractivity contribution in [1.82, 2.24) is 15.0 Å². The second kappa shape index (κ2) is 14.6. The number of rotatable bonds is 7. The van der Waals surface area contributed by atoms with Crippen LogP contribution in [0.1, 0.15) is 57.1 Å². The van der Waals surface area contributed by atoms with E-state index in [-0.39, 0.29) is 5.41 Å². The van der Waals surface area contributed by atoms with Gasteiger partial charge in [0.15, 0.2) is 17.5 Å². The molecule has 2 fully saturated rings. The van der Waals surface area contributed by atoms with Gasteiger partial charge in [0.25, 0.3) is 0 Å². The Morgan fingerprint density at radius 2 is 1.00 bits per heavy atom. The monoisotopic (exact) mass is 712 g/mol. The molecule has 9 rings (SSSR count). The molecule has 2 aliphatic carbocycles. The fourth-order valence-electron chi connectivity index (χ4n) is 9.77. The molecule has 4 atom stereocenters. The molecule has 0 N–H and O–H groups in total. The first-order chi connectivity index (χ1) is 26.9. The molecule has 0 aliphatic heterocycles. The van der Waals surface area contributed by atoms with Gasteiger partial charge in [-0.05, 0) is 125 Å². The highest BCUT2D eigenvalue weighted by Crippen LogP contribution is 2.54. The molecule has 7 aromatic rings. The maximum absolute atomic E-state index is 9.57. The second-order valence-electron chi connectivity index (χ2n) is 16.1. The molecule has 2 aliphatic rings. The van der Waals surface area contributed by atoms with Gasteiger partial charge in [0.1, 0.15) is 0 Å². The molecule has 1 aromatic heterocycles. The molecule has 1 heterocycles. The van der Waals surface area contributed by atoms with E-state index in [4.69, 9.17) is 15.0 Å². The Labute approximate surface area is 324 Å². The van der Waals surface area contributed by atoms with Crippen LogP contribution in [-0.2, 0) is 5.41 Å². The van der Waals surface area contributed by atoms with Crippen LogP contribution in [0.4, 0.5) is 0 Å². The topological polar surface area (TPSA) is 62.5 Å². The lowest BCUT2D eigenvalue weighted by atomic mass is 9.54. The first kappa shape index (κ1) is 34.6. The molecule has 6 aromatic carbocycles. The van der Waals surface area contributed by atoms with Crippen LogP contribution in [0.25, 0.3) is 67.5 Å². The summed E-state index contributed by atoms with van der Waals surface area (Å²) in [7, 11) is 0. The van der Waals surface area contributed by atoms with Crippen molar-refractivity contribution in [2.24, 2.45) is 17.8 Å². The number of hydrogen-bond acceptors (Lipinski definition) is 4. The highest BCUT2D eigenvalue weighted by Gasteiger charge is 2.45.